The topological polar surface area (TPSA) is 25.7 Å². The monoisotopic (exact) mass is 342 g/mol. The first-order valence-electron chi connectivity index (χ1n) is 9.61. The maximum Gasteiger partial charge on any atom is 0.138 e. The summed E-state index contributed by atoms with van der Waals surface area (Å²) in [6.45, 7) is 4.51. The van der Waals surface area contributed by atoms with Crippen LogP contribution in [0, 0.1) is 0 Å². The van der Waals surface area contributed by atoms with Gasteiger partial charge in [-0.05, 0) is 26.7 Å². The van der Waals surface area contributed by atoms with E-state index in [4.69, 9.17) is 9.15 Å². The first kappa shape index (κ1) is 14.8. The van der Waals surface area contributed by atoms with E-state index in [0.29, 0.717) is 11.8 Å². The average Bonchev–Trinajstić information content (AvgIpc) is 3.00. The molecule has 3 aromatic rings. The van der Waals surface area contributed by atoms with E-state index in [9.17, 15) is 0 Å². The summed E-state index contributed by atoms with van der Waals surface area (Å²) < 4.78 is 13.0. The summed E-state index contributed by atoms with van der Waals surface area (Å²) in [5.41, 5.74) is 5.13. The Bertz CT molecular complexity index is 927. The average molecular weight is 342 g/mol. The zero-order valence-corrected chi connectivity index (χ0v) is 15.2. The molecule has 2 bridgehead atoms. The summed E-state index contributed by atoms with van der Waals surface area (Å²) in [6.07, 6.45) is 2.41. The lowest BCUT2D eigenvalue weighted by Crippen LogP contribution is -2.24. The molecule has 2 aliphatic carbocycles. The zero-order chi connectivity index (χ0) is 17.5. The Morgan fingerprint density at radius 3 is 1.54 bits per heavy atom. The number of furan rings is 1. The van der Waals surface area contributed by atoms with Gasteiger partial charge in [-0.2, -0.15) is 0 Å². The second-order valence-corrected chi connectivity index (χ2v) is 8.41. The van der Waals surface area contributed by atoms with Crippen LogP contribution in [0.4, 0.5) is 0 Å². The molecule has 2 nitrogen and oxygen atoms in total. The van der Waals surface area contributed by atoms with E-state index >= 15 is 0 Å². The molecule has 1 aliphatic heterocycles. The van der Waals surface area contributed by atoms with Crippen molar-refractivity contribution in [3.05, 3.63) is 71.8 Å². The predicted molar refractivity (Wildman–Crippen MR) is 102 cm³/mol. The van der Waals surface area contributed by atoms with Crippen molar-refractivity contribution < 1.29 is 9.15 Å². The SMILES string of the molecule is CC1(C)OC12C1CCC2c2c(-c3ccccc3)oc(-c3ccccc3)c21. The number of ether oxygens (including phenoxy) is 1. The van der Waals surface area contributed by atoms with Crippen LogP contribution in [-0.2, 0) is 4.74 Å². The maximum atomic E-state index is 6.57. The molecule has 2 heteroatoms. The van der Waals surface area contributed by atoms with Crippen LogP contribution in [0.5, 0.6) is 0 Å². The summed E-state index contributed by atoms with van der Waals surface area (Å²) in [4.78, 5) is 0. The molecule has 1 aromatic heterocycles. The van der Waals surface area contributed by atoms with E-state index < -0.39 is 0 Å². The Labute approximate surface area is 153 Å². The van der Waals surface area contributed by atoms with Gasteiger partial charge in [0, 0.05) is 34.1 Å². The van der Waals surface area contributed by atoms with E-state index in [-0.39, 0.29) is 11.2 Å². The Morgan fingerprint density at radius 1 is 0.731 bits per heavy atom. The molecule has 1 saturated heterocycles. The van der Waals surface area contributed by atoms with Crippen molar-refractivity contribution in [1.29, 1.82) is 0 Å². The summed E-state index contributed by atoms with van der Waals surface area (Å²) in [7, 11) is 0. The van der Waals surface area contributed by atoms with Crippen molar-refractivity contribution in [1.82, 2.24) is 0 Å². The lowest BCUT2D eigenvalue weighted by Gasteiger charge is -2.15. The Kier molecular flexibility index (Phi) is 2.67. The smallest absolute Gasteiger partial charge is 0.138 e. The third kappa shape index (κ3) is 1.62. The second-order valence-electron chi connectivity index (χ2n) is 8.41. The molecule has 2 atom stereocenters. The molecule has 130 valence electrons. The number of rotatable bonds is 2. The van der Waals surface area contributed by atoms with Gasteiger partial charge in [0.2, 0.25) is 0 Å². The first-order valence-corrected chi connectivity index (χ1v) is 9.61. The van der Waals surface area contributed by atoms with Gasteiger partial charge in [-0.3, -0.25) is 0 Å². The van der Waals surface area contributed by atoms with Gasteiger partial charge in [0.25, 0.3) is 0 Å². The fraction of sp³-hybridized carbons (Fsp3) is 0.333. The lowest BCUT2D eigenvalue weighted by atomic mass is 9.84. The summed E-state index contributed by atoms with van der Waals surface area (Å²) in [6, 6.07) is 21.1. The number of epoxide rings is 1. The Balaban J connectivity index is 1.63. The van der Waals surface area contributed by atoms with Crippen LogP contribution in [0.2, 0.25) is 0 Å². The molecule has 26 heavy (non-hydrogen) atoms. The third-order valence-electron chi connectivity index (χ3n) is 6.86. The van der Waals surface area contributed by atoms with Crippen LogP contribution in [0.25, 0.3) is 22.6 Å². The van der Waals surface area contributed by atoms with Crippen LogP contribution < -0.4 is 0 Å². The quantitative estimate of drug-likeness (QED) is 0.523. The van der Waals surface area contributed by atoms with Gasteiger partial charge in [-0.25, -0.2) is 0 Å². The molecule has 2 unspecified atom stereocenters. The minimum Gasteiger partial charge on any atom is -0.455 e. The molecular formula is C24H22O2. The van der Waals surface area contributed by atoms with Crippen LogP contribution in [0.3, 0.4) is 0 Å². The van der Waals surface area contributed by atoms with Crippen LogP contribution in [0.1, 0.15) is 49.7 Å². The highest BCUT2D eigenvalue weighted by Crippen LogP contribution is 2.76. The number of hydrogen-bond donors (Lipinski definition) is 0. The summed E-state index contributed by atoms with van der Waals surface area (Å²) in [5, 5.41) is 0. The predicted octanol–water partition coefficient (Wildman–Crippen LogP) is 6.14. The van der Waals surface area contributed by atoms with E-state index in [1.54, 1.807) is 0 Å². The number of benzene rings is 2. The largest absolute Gasteiger partial charge is 0.455 e. The van der Waals surface area contributed by atoms with Gasteiger partial charge >= 0.3 is 0 Å². The molecule has 2 aromatic carbocycles. The van der Waals surface area contributed by atoms with E-state index in [0.717, 1.165) is 11.5 Å². The molecule has 2 heterocycles. The van der Waals surface area contributed by atoms with Gasteiger partial charge < -0.3 is 9.15 Å². The standard InChI is InChI=1S/C24H22O2/c1-23(2)24(26-23)17-13-14-18(24)20-19(17)21(15-9-5-3-6-10-15)25-22(20)16-11-7-4-8-12-16/h3-12,17-18H,13-14H2,1-2H3. The number of fused-ring (bicyclic) bond motifs is 3. The highest BCUT2D eigenvalue weighted by molar-refractivity contribution is 5.78. The highest BCUT2D eigenvalue weighted by atomic mass is 16.6. The van der Waals surface area contributed by atoms with Crippen molar-refractivity contribution in [2.75, 3.05) is 0 Å². The molecule has 1 spiro atoms. The molecular weight excluding hydrogens is 320 g/mol. The molecule has 1 saturated carbocycles. The van der Waals surface area contributed by atoms with Crippen LogP contribution in [0.15, 0.2) is 65.1 Å². The minimum absolute atomic E-state index is 0.0124. The normalized spacial score (nSPS) is 29.9. The molecule has 2 fully saturated rings. The Morgan fingerprint density at radius 2 is 1.15 bits per heavy atom. The van der Waals surface area contributed by atoms with Gasteiger partial charge in [0.1, 0.15) is 17.1 Å². The summed E-state index contributed by atoms with van der Waals surface area (Å²) in [5.74, 6) is 3.01. The maximum absolute atomic E-state index is 6.57. The van der Waals surface area contributed by atoms with Crippen molar-refractivity contribution >= 4 is 0 Å². The molecule has 0 N–H and O–H groups in total. The molecule has 0 amide bonds. The van der Waals surface area contributed by atoms with Crippen molar-refractivity contribution in [2.24, 2.45) is 0 Å². The van der Waals surface area contributed by atoms with E-state index in [2.05, 4.69) is 74.5 Å². The molecule has 3 aliphatic rings. The fourth-order valence-electron chi connectivity index (χ4n) is 5.86. The van der Waals surface area contributed by atoms with Crippen molar-refractivity contribution in [3.8, 4) is 22.6 Å². The lowest BCUT2D eigenvalue weighted by molar-refractivity contribution is 0.259. The molecule has 0 radical (unpaired) electrons. The fourth-order valence-corrected chi connectivity index (χ4v) is 5.86. The van der Waals surface area contributed by atoms with Crippen LogP contribution in [-0.4, -0.2) is 11.2 Å². The van der Waals surface area contributed by atoms with Gasteiger partial charge in [0.15, 0.2) is 0 Å². The minimum atomic E-state index is -0.0350. The number of hydrogen-bond acceptors (Lipinski definition) is 2. The van der Waals surface area contributed by atoms with Gasteiger partial charge in [0.05, 0.1) is 5.60 Å². The van der Waals surface area contributed by atoms with E-state index in [1.165, 1.54) is 35.1 Å². The zero-order valence-electron chi connectivity index (χ0n) is 15.2. The van der Waals surface area contributed by atoms with Crippen molar-refractivity contribution in [3.63, 3.8) is 0 Å². The Hall–Kier alpha value is -2.32. The summed E-state index contributed by atoms with van der Waals surface area (Å²) >= 11 is 0. The van der Waals surface area contributed by atoms with Crippen LogP contribution >= 0.6 is 0 Å². The van der Waals surface area contributed by atoms with Crippen molar-refractivity contribution in [2.45, 2.75) is 49.7 Å². The third-order valence-corrected chi connectivity index (χ3v) is 6.86. The van der Waals surface area contributed by atoms with Gasteiger partial charge in [-0.1, -0.05) is 60.7 Å². The molecule has 6 rings (SSSR count). The highest BCUT2D eigenvalue weighted by Gasteiger charge is 2.78. The second kappa shape index (κ2) is 4.69. The van der Waals surface area contributed by atoms with E-state index in [1.807, 2.05) is 0 Å². The van der Waals surface area contributed by atoms with Gasteiger partial charge in [-0.15, -0.1) is 0 Å². The first-order chi connectivity index (χ1) is 12.6.